The van der Waals surface area contributed by atoms with Gasteiger partial charge in [-0.05, 0) is 68.6 Å². The molecule has 6 amide bonds. The molecule has 0 spiro atoms. The largest absolute Gasteiger partial charge is 0.444 e. The molecule has 3 saturated carbocycles. The van der Waals surface area contributed by atoms with Crippen molar-refractivity contribution in [2.75, 3.05) is 6.54 Å². The molecule has 0 bridgehead atoms. The molecule has 6 aliphatic rings. The Morgan fingerprint density at radius 2 is 1.73 bits per heavy atom. The number of benzene rings is 1. The monoisotopic (exact) mass is 758 g/mol. The molecule has 282 valence electrons. The standard InChI is InChI=1S/C36H47ClN6O8S/c37-28-13-8-9-22-19-42(21-27(22)28)35(48)51-25-17-30-31(44)40-36(33(46)41-52(49,50)26-15-16-26)18-23(36)10-4-2-1-3-5-14-29(32(45)43(30)20-25)39-34(47)38-24-11-6-7-12-24/h4,8-10,13,23-26,29-30H,1-3,5-7,11-12,14-21H2,(H,40,44)(H,41,46)(H2,38,39,47)/t23-,25-,29+,30?,36-/m1/s1. The molecule has 52 heavy (non-hydrogen) atoms. The van der Waals surface area contributed by atoms with Crippen LogP contribution in [0.15, 0.2) is 30.4 Å². The van der Waals surface area contributed by atoms with Crippen LogP contribution in [0.1, 0.15) is 94.6 Å². The van der Waals surface area contributed by atoms with Crippen molar-refractivity contribution in [3.8, 4) is 0 Å². The van der Waals surface area contributed by atoms with Crippen LogP contribution in [0.4, 0.5) is 9.59 Å². The van der Waals surface area contributed by atoms with Crippen molar-refractivity contribution in [2.45, 2.75) is 132 Å². The smallest absolute Gasteiger partial charge is 0.410 e. The van der Waals surface area contributed by atoms with Gasteiger partial charge in [-0.3, -0.25) is 24.0 Å². The van der Waals surface area contributed by atoms with Gasteiger partial charge < -0.3 is 25.6 Å². The van der Waals surface area contributed by atoms with Gasteiger partial charge in [-0.1, -0.05) is 61.6 Å². The summed E-state index contributed by atoms with van der Waals surface area (Å²) in [6, 6.07) is 2.94. The third-order valence-corrected chi connectivity index (χ3v) is 13.5. The summed E-state index contributed by atoms with van der Waals surface area (Å²) in [5.41, 5.74) is 0.224. The molecular formula is C36H47ClN6O8S. The Balaban J connectivity index is 1.12. The quantitative estimate of drug-likeness (QED) is 0.319. The lowest BCUT2D eigenvalue weighted by molar-refractivity contribution is -0.141. The Morgan fingerprint density at radius 1 is 0.962 bits per heavy atom. The summed E-state index contributed by atoms with van der Waals surface area (Å²) in [7, 11) is -3.89. The number of hydrogen-bond acceptors (Lipinski definition) is 8. The molecule has 4 fully saturated rings. The van der Waals surface area contributed by atoms with E-state index in [9.17, 15) is 32.4 Å². The number of fused-ring (bicyclic) bond motifs is 3. The van der Waals surface area contributed by atoms with E-state index in [0.29, 0.717) is 43.7 Å². The first-order chi connectivity index (χ1) is 24.9. The van der Waals surface area contributed by atoms with Gasteiger partial charge in [0.25, 0.3) is 5.91 Å². The molecule has 5 atom stereocenters. The highest BCUT2D eigenvalue weighted by Gasteiger charge is 2.62. The molecular weight excluding hydrogens is 712 g/mol. The number of halogens is 1. The zero-order chi connectivity index (χ0) is 36.6. The Kier molecular flexibility index (Phi) is 10.4. The van der Waals surface area contributed by atoms with Gasteiger partial charge in [0.2, 0.25) is 21.8 Å². The molecule has 14 nitrogen and oxygen atoms in total. The molecule has 3 aliphatic carbocycles. The van der Waals surface area contributed by atoms with Crippen molar-refractivity contribution in [2.24, 2.45) is 5.92 Å². The number of rotatable bonds is 6. The fourth-order valence-electron chi connectivity index (χ4n) is 8.03. The van der Waals surface area contributed by atoms with Crippen LogP contribution in [0, 0.1) is 5.92 Å². The van der Waals surface area contributed by atoms with Gasteiger partial charge in [0.05, 0.1) is 18.3 Å². The van der Waals surface area contributed by atoms with Crippen molar-refractivity contribution in [3.05, 3.63) is 46.5 Å². The maximum absolute atomic E-state index is 14.4. The van der Waals surface area contributed by atoms with Crippen molar-refractivity contribution >= 4 is 51.5 Å². The summed E-state index contributed by atoms with van der Waals surface area (Å²) >= 11 is 6.37. The summed E-state index contributed by atoms with van der Waals surface area (Å²) in [4.78, 5) is 71.7. The van der Waals surface area contributed by atoms with Crippen molar-refractivity contribution in [1.82, 2.24) is 30.5 Å². The van der Waals surface area contributed by atoms with E-state index >= 15 is 0 Å². The SMILES string of the molecule is O=C(NC1CCCC1)N[C@H]1CCCCCC=C[C@@H]2C[C@@]2(C(=O)NS(=O)(=O)C2CC2)NC(=O)C2C[C@@H](OC(=O)N3Cc4cccc(Cl)c4C3)CN2C1=O. The average Bonchev–Trinajstić information content (AvgIpc) is 3.88. The number of hydrogen-bond donors (Lipinski definition) is 4. The van der Waals surface area contributed by atoms with Crippen LogP contribution < -0.4 is 20.7 Å². The van der Waals surface area contributed by atoms with Gasteiger partial charge in [0.1, 0.15) is 23.7 Å². The lowest BCUT2D eigenvalue weighted by Gasteiger charge is -2.30. The first-order valence-electron chi connectivity index (χ1n) is 18.6. The molecule has 0 aromatic heterocycles. The minimum Gasteiger partial charge on any atom is -0.444 e. The maximum atomic E-state index is 14.4. The molecule has 1 aromatic rings. The van der Waals surface area contributed by atoms with Crippen LogP contribution in [0.2, 0.25) is 5.02 Å². The Morgan fingerprint density at radius 3 is 2.48 bits per heavy atom. The van der Waals surface area contributed by atoms with E-state index in [1.54, 1.807) is 6.07 Å². The minimum absolute atomic E-state index is 0.0300. The van der Waals surface area contributed by atoms with Gasteiger partial charge in [0.15, 0.2) is 0 Å². The summed E-state index contributed by atoms with van der Waals surface area (Å²) in [5.74, 6) is -2.39. The van der Waals surface area contributed by atoms with Crippen LogP contribution in [0.3, 0.4) is 0 Å². The Hall–Kier alpha value is -3.85. The molecule has 7 rings (SSSR count). The van der Waals surface area contributed by atoms with Crippen molar-refractivity contribution < 1.29 is 37.1 Å². The molecule has 1 unspecified atom stereocenters. The number of urea groups is 1. The van der Waals surface area contributed by atoms with Gasteiger partial charge in [-0.15, -0.1) is 0 Å². The molecule has 0 radical (unpaired) electrons. The Bertz CT molecular complexity index is 1750. The van der Waals surface area contributed by atoms with Crippen LogP contribution in [0.25, 0.3) is 0 Å². The van der Waals surface area contributed by atoms with Crippen molar-refractivity contribution in [1.29, 1.82) is 0 Å². The van der Waals surface area contributed by atoms with Crippen molar-refractivity contribution in [3.63, 3.8) is 0 Å². The van der Waals surface area contributed by atoms with Gasteiger partial charge in [-0.25, -0.2) is 18.0 Å². The fraction of sp³-hybridized carbons (Fsp3) is 0.639. The normalized spacial score (nSPS) is 29.6. The summed E-state index contributed by atoms with van der Waals surface area (Å²) in [6.07, 6.45) is 10.4. The number of nitrogens with zero attached hydrogens (tertiary/aromatic N) is 2. The molecule has 3 heterocycles. The first kappa shape index (κ1) is 36.5. The first-order valence-corrected chi connectivity index (χ1v) is 20.5. The van der Waals surface area contributed by atoms with Gasteiger partial charge >= 0.3 is 12.1 Å². The second-order valence-electron chi connectivity index (χ2n) is 15.1. The van der Waals surface area contributed by atoms with E-state index in [0.717, 1.165) is 49.7 Å². The number of carbonyl (C=O) groups is 5. The number of carbonyl (C=O) groups excluding carboxylic acids is 5. The lowest BCUT2D eigenvalue weighted by Crippen LogP contribution is -2.59. The van der Waals surface area contributed by atoms with E-state index in [1.807, 2.05) is 24.3 Å². The number of sulfonamides is 1. The zero-order valence-corrected chi connectivity index (χ0v) is 30.7. The van der Waals surface area contributed by atoms with E-state index < -0.39 is 74.8 Å². The predicted molar refractivity (Wildman–Crippen MR) is 190 cm³/mol. The number of nitrogens with one attached hydrogen (secondary N) is 4. The summed E-state index contributed by atoms with van der Waals surface area (Å²) in [6.45, 7) is 0.448. The predicted octanol–water partition coefficient (Wildman–Crippen LogP) is 3.38. The lowest BCUT2D eigenvalue weighted by atomic mass is 10.0. The van der Waals surface area contributed by atoms with Crippen LogP contribution in [-0.2, 0) is 42.2 Å². The van der Waals surface area contributed by atoms with Crippen LogP contribution in [-0.4, -0.2) is 89.6 Å². The van der Waals surface area contributed by atoms with E-state index in [2.05, 4.69) is 20.7 Å². The second kappa shape index (κ2) is 14.9. The molecule has 1 aromatic carbocycles. The molecule has 4 N–H and O–H groups in total. The Labute approximate surface area is 308 Å². The second-order valence-corrected chi connectivity index (χ2v) is 17.5. The average molecular weight is 759 g/mol. The third-order valence-electron chi connectivity index (χ3n) is 11.3. The van der Waals surface area contributed by atoms with Gasteiger partial charge in [0, 0.05) is 29.9 Å². The highest BCUT2D eigenvalue weighted by atomic mass is 35.5. The zero-order valence-electron chi connectivity index (χ0n) is 29.1. The van der Waals surface area contributed by atoms with E-state index in [1.165, 1.54) is 9.80 Å². The molecule has 3 aliphatic heterocycles. The topological polar surface area (TPSA) is 183 Å². The summed E-state index contributed by atoms with van der Waals surface area (Å²) < 4.78 is 33.7. The highest BCUT2D eigenvalue weighted by molar-refractivity contribution is 7.91. The fourth-order valence-corrected chi connectivity index (χ4v) is 9.65. The maximum Gasteiger partial charge on any atom is 0.410 e. The van der Waals surface area contributed by atoms with E-state index in [4.69, 9.17) is 16.3 Å². The summed E-state index contributed by atoms with van der Waals surface area (Å²) in [5, 5.41) is 8.60. The van der Waals surface area contributed by atoms with E-state index in [-0.39, 0.29) is 32.0 Å². The third kappa shape index (κ3) is 7.90. The van der Waals surface area contributed by atoms with Crippen LogP contribution >= 0.6 is 11.6 Å². The number of ether oxygens (including phenoxy) is 1. The molecule has 1 saturated heterocycles. The van der Waals surface area contributed by atoms with Gasteiger partial charge in [-0.2, -0.15) is 0 Å². The minimum atomic E-state index is -3.89. The number of amides is 6. The molecule has 16 heteroatoms. The van der Waals surface area contributed by atoms with Crippen LogP contribution in [0.5, 0.6) is 0 Å². The highest BCUT2D eigenvalue weighted by Crippen LogP contribution is 2.46. The number of allylic oxidation sites excluding steroid dienone is 1.